The summed E-state index contributed by atoms with van der Waals surface area (Å²) in [5.74, 6) is 1.03. The van der Waals surface area contributed by atoms with Gasteiger partial charge in [0.25, 0.3) is 5.91 Å². The Balaban J connectivity index is 1.59. The van der Waals surface area contributed by atoms with E-state index in [9.17, 15) is 9.59 Å². The number of ether oxygens (including phenoxy) is 1. The van der Waals surface area contributed by atoms with E-state index >= 15 is 0 Å². The number of rotatable bonds is 6. The van der Waals surface area contributed by atoms with Gasteiger partial charge in [-0.15, -0.1) is 0 Å². The molecule has 3 unspecified atom stereocenters. The van der Waals surface area contributed by atoms with Crippen molar-refractivity contribution in [1.82, 2.24) is 9.58 Å². The molecule has 35 heavy (non-hydrogen) atoms. The summed E-state index contributed by atoms with van der Waals surface area (Å²) < 4.78 is 7.91. The fraction of sp³-hybridized carbons (Fsp3) is 0.379. The predicted molar refractivity (Wildman–Crippen MR) is 137 cm³/mol. The molecule has 182 valence electrons. The highest BCUT2D eigenvalue weighted by Gasteiger charge is 2.45. The fourth-order valence-electron chi connectivity index (χ4n) is 5.65. The highest BCUT2D eigenvalue weighted by Crippen LogP contribution is 2.42. The van der Waals surface area contributed by atoms with Crippen LogP contribution < -0.4 is 15.2 Å². The molecule has 0 saturated carbocycles. The molecule has 0 bridgehead atoms. The number of carbonyl (C=O) groups is 1. The Kier molecular flexibility index (Phi) is 6.37. The average Bonchev–Trinajstić information content (AvgIpc) is 2.87. The third-order valence-corrected chi connectivity index (χ3v) is 7.19. The minimum atomic E-state index is -0.279. The van der Waals surface area contributed by atoms with E-state index in [0.29, 0.717) is 17.5 Å². The van der Waals surface area contributed by atoms with Crippen LogP contribution >= 0.6 is 0 Å². The van der Waals surface area contributed by atoms with Crippen molar-refractivity contribution in [2.24, 2.45) is 11.8 Å². The van der Waals surface area contributed by atoms with E-state index in [-0.39, 0.29) is 35.9 Å². The van der Waals surface area contributed by atoms with Gasteiger partial charge in [0.05, 0.1) is 6.04 Å². The number of fused-ring (bicyclic) bond motifs is 3. The Hall–Kier alpha value is -3.54. The first-order valence-electron chi connectivity index (χ1n) is 12.5. The third-order valence-electron chi connectivity index (χ3n) is 7.19. The van der Waals surface area contributed by atoms with Crippen LogP contribution in [-0.4, -0.2) is 28.7 Å². The first-order valence-corrected chi connectivity index (χ1v) is 12.5. The molecule has 5 rings (SSSR count). The standard InChI is InChI=1S/C29H33N3O3/c1-20(2)16-22-17-24(23-12-8-5-9-13-23)32-26(18-22)30(3)29(34)27-28(25(33)14-15-31(27)32)35-19-21-10-6-4-7-11-21/h4-15,20,22,24,26H,16-19H2,1-3H3. The third kappa shape index (κ3) is 4.45. The van der Waals surface area contributed by atoms with Crippen LogP contribution in [0.25, 0.3) is 0 Å². The lowest BCUT2D eigenvalue weighted by Gasteiger charge is -2.53. The summed E-state index contributed by atoms with van der Waals surface area (Å²) in [6.45, 7) is 4.75. The molecular weight excluding hydrogens is 438 g/mol. The maximum absolute atomic E-state index is 13.7. The molecule has 1 aromatic heterocycles. The molecule has 1 amide bonds. The van der Waals surface area contributed by atoms with Crippen LogP contribution in [0.15, 0.2) is 77.7 Å². The van der Waals surface area contributed by atoms with Crippen LogP contribution in [-0.2, 0) is 6.61 Å². The van der Waals surface area contributed by atoms with Crippen LogP contribution in [0.2, 0.25) is 0 Å². The predicted octanol–water partition coefficient (Wildman–Crippen LogP) is 4.97. The molecule has 3 heterocycles. The maximum atomic E-state index is 13.7. The minimum absolute atomic E-state index is 0.0810. The van der Waals surface area contributed by atoms with Crippen molar-refractivity contribution in [2.45, 2.75) is 51.9 Å². The van der Waals surface area contributed by atoms with E-state index in [0.717, 1.165) is 24.8 Å². The van der Waals surface area contributed by atoms with E-state index in [1.807, 2.05) is 48.1 Å². The van der Waals surface area contributed by atoms with Gasteiger partial charge in [0, 0.05) is 19.3 Å². The van der Waals surface area contributed by atoms with Gasteiger partial charge in [0.15, 0.2) is 11.4 Å². The van der Waals surface area contributed by atoms with Crippen molar-refractivity contribution >= 4 is 5.91 Å². The van der Waals surface area contributed by atoms with E-state index in [2.05, 4.69) is 43.1 Å². The van der Waals surface area contributed by atoms with E-state index in [1.165, 1.54) is 11.6 Å². The Morgan fingerprint density at radius 1 is 0.943 bits per heavy atom. The monoisotopic (exact) mass is 471 g/mol. The van der Waals surface area contributed by atoms with Crippen LogP contribution in [0, 0.1) is 11.8 Å². The Bertz CT molecular complexity index is 1240. The largest absolute Gasteiger partial charge is 0.482 e. The topological polar surface area (TPSA) is 54.8 Å². The molecule has 0 radical (unpaired) electrons. The van der Waals surface area contributed by atoms with Gasteiger partial charge < -0.3 is 9.64 Å². The molecule has 0 spiro atoms. The Morgan fingerprint density at radius 2 is 1.63 bits per heavy atom. The number of carbonyl (C=O) groups excluding carboxylic acids is 1. The van der Waals surface area contributed by atoms with Gasteiger partial charge in [0.2, 0.25) is 5.43 Å². The molecule has 1 fully saturated rings. The molecule has 3 atom stereocenters. The highest BCUT2D eigenvalue weighted by atomic mass is 16.5. The highest BCUT2D eigenvalue weighted by molar-refractivity contribution is 5.96. The fourth-order valence-corrected chi connectivity index (χ4v) is 5.65. The van der Waals surface area contributed by atoms with Crippen molar-refractivity contribution in [2.75, 3.05) is 12.1 Å². The second-order valence-electron chi connectivity index (χ2n) is 10.1. The average molecular weight is 472 g/mol. The summed E-state index contributed by atoms with van der Waals surface area (Å²) in [4.78, 5) is 28.4. The molecule has 6 nitrogen and oxygen atoms in total. The number of piperidine rings is 1. The Labute approximate surface area is 206 Å². The van der Waals surface area contributed by atoms with Crippen molar-refractivity contribution < 1.29 is 9.53 Å². The number of benzene rings is 2. The van der Waals surface area contributed by atoms with Gasteiger partial charge in [-0.05, 0) is 42.2 Å². The summed E-state index contributed by atoms with van der Waals surface area (Å²) >= 11 is 0. The molecular formula is C29H33N3O3. The number of aromatic nitrogens is 1. The number of nitrogens with zero attached hydrogens (tertiary/aromatic N) is 3. The second-order valence-corrected chi connectivity index (χ2v) is 10.1. The van der Waals surface area contributed by atoms with E-state index in [1.54, 1.807) is 11.1 Å². The lowest BCUT2D eigenvalue weighted by molar-refractivity contribution is 0.0471. The van der Waals surface area contributed by atoms with Crippen molar-refractivity contribution in [3.05, 3.63) is 100.0 Å². The molecule has 2 aliphatic rings. The number of hydrogen-bond donors (Lipinski definition) is 0. The smallest absolute Gasteiger partial charge is 0.277 e. The van der Waals surface area contributed by atoms with Crippen molar-refractivity contribution in [3.63, 3.8) is 0 Å². The number of pyridine rings is 1. The molecule has 0 aliphatic carbocycles. The summed E-state index contributed by atoms with van der Waals surface area (Å²) in [7, 11) is 1.85. The molecule has 2 aromatic carbocycles. The molecule has 2 aliphatic heterocycles. The lowest BCUT2D eigenvalue weighted by Crippen LogP contribution is -2.63. The normalized spacial score (nSPS) is 21.6. The second kappa shape index (κ2) is 9.61. The van der Waals surface area contributed by atoms with Crippen LogP contribution in [0.5, 0.6) is 5.75 Å². The first kappa shape index (κ1) is 23.2. The van der Waals surface area contributed by atoms with Crippen LogP contribution in [0.1, 0.15) is 60.8 Å². The quantitative estimate of drug-likeness (QED) is 0.509. The Morgan fingerprint density at radius 3 is 2.31 bits per heavy atom. The number of hydrogen-bond acceptors (Lipinski definition) is 4. The summed E-state index contributed by atoms with van der Waals surface area (Å²) in [5, 5.41) is 2.28. The van der Waals surface area contributed by atoms with E-state index in [4.69, 9.17) is 4.74 Å². The van der Waals surface area contributed by atoms with Gasteiger partial charge in [-0.25, -0.2) is 0 Å². The summed E-state index contributed by atoms with van der Waals surface area (Å²) in [6, 6.07) is 21.8. The zero-order chi connectivity index (χ0) is 24.5. The van der Waals surface area contributed by atoms with Gasteiger partial charge in [0.1, 0.15) is 12.8 Å². The molecule has 1 saturated heterocycles. The molecule has 6 heteroatoms. The summed E-state index contributed by atoms with van der Waals surface area (Å²) in [5.41, 5.74) is 2.18. The number of amides is 1. The maximum Gasteiger partial charge on any atom is 0.277 e. The molecule has 3 aromatic rings. The molecule has 0 N–H and O–H groups in total. The minimum Gasteiger partial charge on any atom is -0.482 e. The zero-order valence-electron chi connectivity index (χ0n) is 20.6. The van der Waals surface area contributed by atoms with Crippen molar-refractivity contribution in [3.8, 4) is 5.75 Å². The SMILES string of the molecule is CC(C)CC1CC(c2ccccc2)N2C(C1)N(C)C(=O)c1c(OCc3ccccc3)c(=O)ccn12. The van der Waals surface area contributed by atoms with E-state index < -0.39 is 0 Å². The van der Waals surface area contributed by atoms with Crippen molar-refractivity contribution in [1.29, 1.82) is 0 Å². The van der Waals surface area contributed by atoms with Gasteiger partial charge in [-0.2, -0.15) is 0 Å². The summed E-state index contributed by atoms with van der Waals surface area (Å²) in [6.07, 6.45) is 4.66. The first-order chi connectivity index (χ1) is 16.9. The van der Waals surface area contributed by atoms with Gasteiger partial charge in [-0.1, -0.05) is 74.5 Å². The lowest BCUT2D eigenvalue weighted by atomic mass is 9.81. The van der Waals surface area contributed by atoms with Gasteiger partial charge >= 0.3 is 0 Å². The van der Waals surface area contributed by atoms with Crippen LogP contribution in [0.3, 0.4) is 0 Å². The van der Waals surface area contributed by atoms with Crippen LogP contribution in [0.4, 0.5) is 0 Å². The van der Waals surface area contributed by atoms with Gasteiger partial charge in [-0.3, -0.25) is 19.3 Å². The zero-order valence-corrected chi connectivity index (χ0v) is 20.6.